The topological polar surface area (TPSA) is 99.7 Å². The second kappa shape index (κ2) is 9.78. The van der Waals surface area contributed by atoms with E-state index in [9.17, 15) is 9.59 Å². The number of carbonyl (C=O) groups is 2. The number of benzene rings is 1. The number of halogens is 1. The number of amides is 2. The van der Waals surface area contributed by atoms with Gasteiger partial charge in [0.15, 0.2) is 0 Å². The Balaban J connectivity index is 0.00000280. The van der Waals surface area contributed by atoms with Gasteiger partial charge >= 0.3 is 12.0 Å². The lowest BCUT2D eigenvalue weighted by molar-refractivity contribution is -0.141. The highest BCUT2D eigenvalue weighted by Crippen LogP contribution is 2.33. The van der Waals surface area contributed by atoms with Crippen molar-refractivity contribution in [3.8, 4) is 0 Å². The fourth-order valence-corrected chi connectivity index (χ4v) is 4.12. The van der Waals surface area contributed by atoms with Gasteiger partial charge in [-0.3, -0.25) is 15.1 Å². The van der Waals surface area contributed by atoms with Crippen molar-refractivity contribution < 1.29 is 14.3 Å². The first-order chi connectivity index (χ1) is 13.0. The molecule has 0 radical (unpaired) electrons. The summed E-state index contributed by atoms with van der Waals surface area (Å²) in [6, 6.07) is 7.60. The number of hydrogen-bond acceptors (Lipinski definition) is 4. The number of amidine groups is 1. The Bertz CT molecular complexity index is 702. The van der Waals surface area contributed by atoms with E-state index in [1.54, 1.807) is 17.0 Å². The van der Waals surface area contributed by atoms with E-state index in [0.717, 1.165) is 44.3 Å². The van der Waals surface area contributed by atoms with E-state index in [-0.39, 0.29) is 36.3 Å². The second-order valence-corrected chi connectivity index (χ2v) is 7.38. The lowest BCUT2D eigenvalue weighted by Crippen LogP contribution is -2.41. The molecule has 2 fully saturated rings. The first kappa shape index (κ1) is 22.0. The van der Waals surface area contributed by atoms with Gasteiger partial charge in [0, 0.05) is 36.8 Å². The van der Waals surface area contributed by atoms with Gasteiger partial charge < -0.3 is 15.4 Å². The molecule has 2 amide bonds. The van der Waals surface area contributed by atoms with Gasteiger partial charge in [-0.2, -0.15) is 0 Å². The number of nitrogens with one attached hydrogen (secondary N) is 1. The monoisotopic (exact) mass is 408 g/mol. The summed E-state index contributed by atoms with van der Waals surface area (Å²) in [6.07, 6.45) is 5.46. The van der Waals surface area contributed by atoms with Crippen molar-refractivity contribution in [1.82, 2.24) is 4.90 Å². The average Bonchev–Trinajstić information content (AvgIpc) is 3.08. The lowest BCUT2D eigenvalue weighted by Gasteiger charge is -2.34. The maximum Gasteiger partial charge on any atom is 0.324 e. The summed E-state index contributed by atoms with van der Waals surface area (Å²) in [5.41, 5.74) is 7.00. The summed E-state index contributed by atoms with van der Waals surface area (Å²) in [4.78, 5) is 28.0. The molecule has 1 saturated carbocycles. The van der Waals surface area contributed by atoms with Crippen molar-refractivity contribution in [1.29, 1.82) is 5.41 Å². The predicted octanol–water partition coefficient (Wildman–Crippen LogP) is 3.15. The molecule has 1 saturated heterocycles. The maximum atomic E-state index is 12.9. The van der Waals surface area contributed by atoms with E-state index in [1.807, 2.05) is 17.0 Å². The van der Waals surface area contributed by atoms with Gasteiger partial charge in [0.05, 0.1) is 7.11 Å². The molecular weight excluding hydrogens is 380 g/mol. The molecule has 3 N–H and O–H groups in total. The minimum atomic E-state index is -0.140. The van der Waals surface area contributed by atoms with Crippen molar-refractivity contribution >= 4 is 35.9 Å². The number of rotatable bonds is 6. The van der Waals surface area contributed by atoms with E-state index < -0.39 is 0 Å². The van der Waals surface area contributed by atoms with Gasteiger partial charge in [-0.1, -0.05) is 0 Å². The normalized spacial score (nSPS) is 22.0. The number of nitrogens with two attached hydrogens (primary N) is 1. The molecule has 0 atom stereocenters. The zero-order valence-electron chi connectivity index (χ0n) is 16.2. The highest BCUT2D eigenvalue weighted by Gasteiger charge is 2.36. The van der Waals surface area contributed by atoms with Crippen LogP contribution in [0.25, 0.3) is 0 Å². The second-order valence-electron chi connectivity index (χ2n) is 7.38. The molecule has 2 aliphatic rings. The molecule has 1 heterocycles. The molecule has 0 aromatic heterocycles. The van der Waals surface area contributed by atoms with E-state index >= 15 is 0 Å². The van der Waals surface area contributed by atoms with Crippen LogP contribution < -0.4 is 10.6 Å². The van der Waals surface area contributed by atoms with Gasteiger partial charge in [-0.05, 0) is 62.3 Å². The standard InChI is InChI=1S/C20H28N4O3.ClH/c1-27-18(25)11-4-14-2-7-16(8-3-14)23-12-13-24(20(23)26)17-9-5-15(6-10-17)19(21)22;/h5-6,9-10,14,16H,2-4,7-8,11-13H2,1H3,(H3,21,22);1H/t14-,16+;. The van der Waals surface area contributed by atoms with Crippen LogP contribution in [0.15, 0.2) is 24.3 Å². The number of anilines is 1. The third-order valence-electron chi connectivity index (χ3n) is 5.77. The van der Waals surface area contributed by atoms with E-state index in [4.69, 9.17) is 15.9 Å². The molecule has 7 nitrogen and oxygen atoms in total. The minimum absolute atomic E-state index is 0. The summed E-state index contributed by atoms with van der Waals surface area (Å²) < 4.78 is 4.72. The van der Waals surface area contributed by atoms with Crippen LogP contribution in [-0.4, -0.2) is 49.0 Å². The van der Waals surface area contributed by atoms with Crippen molar-refractivity contribution in [2.45, 2.75) is 44.6 Å². The third kappa shape index (κ3) is 4.95. The predicted molar refractivity (Wildman–Crippen MR) is 111 cm³/mol. The Morgan fingerprint density at radius 2 is 1.82 bits per heavy atom. The summed E-state index contributed by atoms with van der Waals surface area (Å²) in [5, 5.41) is 7.46. The van der Waals surface area contributed by atoms with Crippen molar-refractivity contribution in [3.63, 3.8) is 0 Å². The van der Waals surface area contributed by atoms with Gasteiger partial charge in [-0.15, -0.1) is 12.4 Å². The summed E-state index contributed by atoms with van der Waals surface area (Å²) in [6.45, 7) is 1.42. The van der Waals surface area contributed by atoms with Crippen LogP contribution in [-0.2, 0) is 9.53 Å². The number of nitrogen functional groups attached to an aromatic ring is 1. The Kier molecular flexibility index (Phi) is 7.69. The molecule has 0 unspecified atom stereocenters. The molecular formula is C20H29ClN4O3. The third-order valence-corrected chi connectivity index (χ3v) is 5.77. The Labute approximate surface area is 172 Å². The number of ether oxygens (including phenoxy) is 1. The summed E-state index contributed by atoms with van der Waals surface area (Å²) in [5.74, 6) is 0.437. The van der Waals surface area contributed by atoms with Crippen LogP contribution in [0.5, 0.6) is 0 Å². The highest BCUT2D eigenvalue weighted by molar-refractivity contribution is 5.97. The molecule has 154 valence electrons. The zero-order valence-corrected chi connectivity index (χ0v) is 17.0. The fourth-order valence-electron chi connectivity index (χ4n) is 4.12. The fraction of sp³-hybridized carbons (Fsp3) is 0.550. The molecule has 8 heteroatoms. The number of urea groups is 1. The number of methoxy groups -OCH3 is 1. The SMILES string of the molecule is COC(=O)CC[C@H]1CC[C@@H](N2CCN(c3ccc(C(=N)N)cc3)C2=O)CC1.Cl. The number of hydrogen-bond donors (Lipinski definition) is 2. The van der Waals surface area contributed by atoms with Crippen LogP contribution in [0.1, 0.15) is 44.1 Å². The molecule has 1 aromatic carbocycles. The zero-order chi connectivity index (χ0) is 19.4. The molecule has 0 spiro atoms. The molecule has 28 heavy (non-hydrogen) atoms. The van der Waals surface area contributed by atoms with Gasteiger partial charge in [0.2, 0.25) is 0 Å². The Morgan fingerprint density at radius 1 is 1.18 bits per heavy atom. The molecule has 3 rings (SSSR count). The van der Waals surface area contributed by atoms with Gasteiger partial charge in [-0.25, -0.2) is 4.79 Å². The van der Waals surface area contributed by atoms with Gasteiger partial charge in [0.25, 0.3) is 0 Å². The first-order valence-electron chi connectivity index (χ1n) is 9.59. The van der Waals surface area contributed by atoms with Crippen molar-refractivity contribution in [2.75, 3.05) is 25.1 Å². The smallest absolute Gasteiger partial charge is 0.324 e. The quantitative estimate of drug-likeness (QED) is 0.429. The van der Waals surface area contributed by atoms with E-state index in [1.165, 1.54) is 7.11 Å². The van der Waals surface area contributed by atoms with Crippen LogP contribution in [0.4, 0.5) is 10.5 Å². The molecule has 1 aliphatic carbocycles. The Hall–Kier alpha value is -2.28. The summed E-state index contributed by atoms with van der Waals surface area (Å²) in [7, 11) is 1.43. The Morgan fingerprint density at radius 3 is 2.39 bits per heavy atom. The average molecular weight is 409 g/mol. The summed E-state index contributed by atoms with van der Waals surface area (Å²) >= 11 is 0. The maximum absolute atomic E-state index is 12.9. The molecule has 1 aliphatic heterocycles. The van der Waals surface area contributed by atoms with E-state index in [2.05, 4.69) is 0 Å². The van der Waals surface area contributed by atoms with Crippen LogP contribution in [0.2, 0.25) is 0 Å². The number of carbonyl (C=O) groups excluding carboxylic acids is 2. The van der Waals surface area contributed by atoms with Crippen LogP contribution >= 0.6 is 12.4 Å². The number of esters is 1. The van der Waals surface area contributed by atoms with E-state index in [0.29, 0.717) is 24.4 Å². The van der Waals surface area contributed by atoms with Crippen molar-refractivity contribution in [3.05, 3.63) is 29.8 Å². The molecule has 0 bridgehead atoms. The lowest BCUT2D eigenvalue weighted by atomic mass is 9.83. The van der Waals surface area contributed by atoms with Crippen LogP contribution in [0.3, 0.4) is 0 Å². The largest absolute Gasteiger partial charge is 0.469 e. The molecule has 1 aromatic rings. The number of nitrogens with zero attached hydrogens (tertiary/aromatic N) is 2. The van der Waals surface area contributed by atoms with Crippen LogP contribution in [0, 0.1) is 11.3 Å². The minimum Gasteiger partial charge on any atom is -0.469 e. The first-order valence-corrected chi connectivity index (χ1v) is 9.59. The van der Waals surface area contributed by atoms with Crippen molar-refractivity contribution in [2.24, 2.45) is 11.7 Å². The highest BCUT2D eigenvalue weighted by atomic mass is 35.5. The van der Waals surface area contributed by atoms with Gasteiger partial charge in [0.1, 0.15) is 5.84 Å².